The van der Waals surface area contributed by atoms with E-state index in [-0.39, 0.29) is 11.9 Å². The summed E-state index contributed by atoms with van der Waals surface area (Å²) in [5, 5.41) is 10.9. The summed E-state index contributed by atoms with van der Waals surface area (Å²) < 4.78 is 1.69. The average molecular weight is 376 g/mol. The molecule has 0 saturated carbocycles. The summed E-state index contributed by atoms with van der Waals surface area (Å²) in [4.78, 5) is 22.5. The largest absolute Gasteiger partial charge is 0.367 e. The van der Waals surface area contributed by atoms with E-state index in [0.29, 0.717) is 23.3 Å². The Morgan fingerprint density at radius 3 is 3.04 bits per heavy atom. The fourth-order valence-electron chi connectivity index (χ4n) is 3.00. The van der Waals surface area contributed by atoms with Crippen molar-refractivity contribution in [1.29, 1.82) is 0 Å². The van der Waals surface area contributed by atoms with Gasteiger partial charge in [-0.15, -0.1) is 0 Å². The van der Waals surface area contributed by atoms with Crippen molar-refractivity contribution in [2.75, 3.05) is 23.7 Å². The highest BCUT2D eigenvalue weighted by Crippen LogP contribution is 2.23. The molecule has 0 aliphatic carbocycles. The normalized spacial score (nSPS) is 17.0. The van der Waals surface area contributed by atoms with E-state index in [4.69, 9.17) is 11.6 Å². The average Bonchev–Trinajstić information content (AvgIpc) is 3.06. The first-order chi connectivity index (χ1) is 12.6. The quantitative estimate of drug-likeness (QED) is 0.754. The third-order valence-electron chi connectivity index (χ3n) is 4.30. The summed E-state index contributed by atoms with van der Waals surface area (Å²) in [6.45, 7) is 4.91. The Balaban J connectivity index is 1.67. The van der Waals surface area contributed by atoms with Gasteiger partial charge in [0.1, 0.15) is 5.02 Å². The summed E-state index contributed by atoms with van der Waals surface area (Å²) >= 11 is 6.22. The van der Waals surface area contributed by atoms with E-state index >= 15 is 0 Å². The first-order valence-electron chi connectivity index (χ1n) is 8.52. The van der Waals surface area contributed by atoms with E-state index in [0.717, 1.165) is 31.5 Å². The van der Waals surface area contributed by atoms with Crippen LogP contribution in [0.1, 0.15) is 19.3 Å². The number of carbonyl (C=O) groups excluding carboxylic acids is 1. The minimum atomic E-state index is -0.0378. The zero-order chi connectivity index (χ0) is 18.5. The number of carbonyl (C=O) groups is 1. The van der Waals surface area contributed by atoms with Crippen molar-refractivity contribution in [2.24, 2.45) is 7.05 Å². The Kier molecular flexibility index (Phi) is 5.72. The minimum absolute atomic E-state index is 0.0378. The van der Waals surface area contributed by atoms with Crippen molar-refractivity contribution in [3.05, 3.63) is 36.3 Å². The summed E-state index contributed by atoms with van der Waals surface area (Å²) in [7, 11) is 1.83. The second-order valence-corrected chi connectivity index (χ2v) is 6.59. The van der Waals surface area contributed by atoms with Crippen molar-refractivity contribution in [3.8, 4) is 0 Å². The van der Waals surface area contributed by atoms with Crippen LogP contribution in [0.3, 0.4) is 0 Å². The van der Waals surface area contributed by atoms with Gasteiger partial charge in [-0.1, -0.05) is 18.2 Å². The van der Waals surface area contributed by atoms with E-state index in [1.807, 2.05) is 18.1 Å². The smallest absolute Gasteiger partial charge is 0.246 e. The lowest BCUT2D eigenvalue weighted by Crippen LogP contribution is -2.46. The van der Waals surface area contributed by atoms with E-state index in [1.54, 1.807) is 17.1 Å². The molecular formula is C17H22ClN7O. The molecule has 1 amide bonds. The highest BCUT2D eigenvalue weighted by molar-refractivity contribution is 6.32. The maximum Gasteiger partial charge on any atom is 0.246 e. The van der Waals surface area contributed by atoms with Gasteiger partial charge < -0.3 is 15.5 Å². The van der Waals surface area contributed by atoms with Crippen LogP contribution in [0.15, 0.2) is 31.2 Å². The van der Waals surface area contributed by atoms with Crippen LogP contribution in [0.5, 0.6) is 0 Å². The number of hydrogen-bond donors (Lipinski definition) is 2. The Bertz CT molecular complexity index is 791. The number of likely N-dealkylation sites (tertiary alicyclic amines) is 1. The molecule has 0 unspecified atom stereocenters. The molecular weight excluding hydrogens is 354 g/mol. The number of nitrogens with zero attached hydrogens (tertiary/aromatic N) is 5. The van der Waals surface area contributed by atoms with E-state index in [2.05, 4.69) is 32.3 Å². The third kappa shape index (κ3) is 4.32. The third-order valence-corrected chi connectivity index (χ3v) is 4.57. The Labute approximate surface area is 157 Å². The number of rotatable bonds is 6. The van der Waals surface area contributed by atoms with Crippen molar-refractivity contribution in [3.63, 3.8) is 0 Å². The Hall–Kier alpha value is -2.61. The fraction of sp³-hybridized carbons (Fsp3) is 0.412. The van der Waals surface area contributed by atoms with Crippen LogP contribution in [-0.2, 0) is 11.8 Å². The molecule has 1 fully saturated rings. The van der Waals surface area contributed by atoms with Crippen LogP contribution in [0.2, 0.25) is 5.02 Å². The maximum atomic E-state index is 12.0. The van der Waals surface area contributed by atoms with Gasteiger partial charge in [-0.3, -0.25) is 9.48 Å². The van der Waals surface area contributed by atoms with Crippen molar-refractivity contribution < 1.29 is 4.79 Å². The molecule has 0 bridgehead atoms. The Morgan fingerprint density at radius 1 is 1.46 bits per heavy atom. The van der Waals surface area contributed by atoms with Gasteiger partial charge >= 0.3 is 0 Å². The highest BCUT2D eigenvalue weighted by Gasteiger charge is 2.25. The molecule has 3 heterocycles. The number of halogens is 1. The van der Waals surface area contributed by atoms with Gasteiger partial charge in [0.25, 0.3) is 0 Å². The van der Waals surface area contributed by atoms with Crippen LogP contribution in [0, 0.1) is 0 Å². The van der Waals surface area contributed by atoms with Crippen LogP contribution < -0.4 is 10.6 Å². The van der Waals surface area contributed by atoms with Crippen LogP contribution in [0.4, 0.5) is 17.5 Å². The van der Waals surface area contributed by atoms with Gasteiger partial charge in [0, 0.05) is 32.4 Å². The van der Waals surface area contributed by atoms with Crippen LogP contribution in [0.25, 0.3) is 0 Å². The molecule has 2 aromatic rings. The number of amides is 1. The maximum absolute atomic E-state index is 12.0. The molecule has 1 saturated heterocycles. The molecule has 138 valence electrons. The highest BCUT2D eigenvalue weighted by atomic mass is 35.5. The van der Waals surface area contributed by atoms with Gasteiger partial charge in [0.15, 0.2) is 5.82 Å². The molecule has 0 spiro atoms. The van der Waals surface area contributed by atoms with Crippen molar-refractivity contribution in [1.82, 2.24) is 24.6 Å². The monoisotopic (exact) mass is 375 g/mol. The number of aromatic nitrogens is 4. The number of piperidine rings is 1. The SMILES string of the molecule is C=CC(=O)N1CCCC[C@@H]1CNc1nc(Nc2cnn(C)c2)ncc1Cl. The zero-order valence-corrected chi connectivity index (χ0v) is 15.4. The number of hydrogen-bond acceptors (Lipinski definition) is 6. The van der Waals surface area contributed by atoms with Crippen LogP contribution >= 0.6 is 11.6 Å². The van der Waals surface area contributed by atoms with Gasteiger partial charge in [0.05, 0.1) is 18.1 Å². The number of aryl methyl sites for hydroxylation is 1. The Morgan fingerprint density at radius 2 is 2.31 bits per heavy atom. The van der Waals surface area contributed by atoms with E-state index in [9.17, 15) is 4.79 Å². The van der Waals surface area contributed by atoms with Crippen LogP contribution in [-0.4, -0.2) is 49.7 Å². The standard InChI is InChI=1S/C17H22ClN7O/c1-3-15(26)25-7-5-4-6-13(25)9-19-16-14(18)10-20-17(23-16)22-12-8-21-24(2)11-12/h3,8,10-11,13H,1,4-7,9H2,2H3,(H2,19,20,22,23)/t13-/m1/s1. The van der Waals surface area contributed by atoms with E-state index < -0.39 is 0 Å². The topological polar surface area (TPSA) is 88.0 Å². The predicted molar refractivity (Wildman–Crippen MR) is 102 cm³/mol. The van der Waals surface area contributed by atoms with Crippen molar-refractivity contribution >= 4 is 35.0 Å². The number of anilines is 3. The van der Waals surface area contributed by atoms with Gasteiger partial charge in [-0.25, -0.2) is 4.98 Å². The van der Waals surface area contributed by atoms with Crippen molar-refractivity contribution in [2.45, 2.75) is 25.3 Å². The molecule has 1 aliphatic rings. The van der Waals surface area contributed by atoms with Gasteiger partial charge in [0.2, 0.25) is 11.9 Å². The molecule has 1 atom stereocenters. The summed E-state index contributed by atoms with van der Waals surface area (Å²) in [6.07, 6.45) is 9.48. The summed E-state index contributed by atoms with van der Waals surface area (Å²) in [5.41, 5.74) is 0.788. The zero-order valence-electron chi connectivity index (χ0n) is 14.7. The lowest BCUT2D eigenvalue weighted by atomic mass is 10.0. The molecule has 8 nitrogen and oxygen atoms in total. The lowest BCUT2D eigenvalue weighted by Gasteiger charge is -2.35. The molecule has 26 heavy (non-hydrogen) atoms. The lowest BCUT2D eigenvalue weighted by molar-refractivity contribution is -0.129. The first kappa shape index (κ1) is 18.2. The molecule has 0 radical (unpaired) electrons. The summed E-state index contributed by atoms with van der Waals surface area (Å²) in [6, 6.07) is 0.0926. The first-order valence-corrected chi connectivity index (χ1v) is 8.89. The van der Waals surface area contributed by atoms with Gasteiger partial charge in [-0.05, 0) is 25.3 Å². The molecule has 1 aliphatic heterocycles. The molecule has 3 rings (SSSR count). The molecule has 9 heteroatoms. The summed E-state index contributed by atoms with van der Waals surface area (Å²) in [5.74, 6) is 0.918. The number of nitrogens with one attached hydrogen (secondary N) is 2. The second kappa shape index (κ2) is 8.18. The van der Waals surface area contributed by atoms with Gasteiger partial charge in [-0.2, -0.15) is 10.1 Å². The molecule has 2 N–H and O–H groups in total. The predicted octanol–water partition coefficient (Wildman–Crippen LogP) is 2.59. The molecule has 2 aromatic heterocycles. The second-order valence-electron chi connectivity index (χ2n) is 6.18. The molecule has 0 aromatic carbocycles. The fourth-order valence-corrected chi connectivity index (χ4v) is 3.16. The van der Waals surface area contributed by atoms with E-state index in [1.165, 1.54) is 6.08 Å². The minimum Gasteiger partial charge on any atom is -0.367 e.